The summed E-state index contributed by atoms with van der Waals surface area (Å²) in [5.41, 5.74) is 2.17. The van der Waals surface area contributed by atoms with Crippen LogP contribution in [-0.2, 0) is 6.54 Å². The van der Waals surface area contributed by atoms with E-state index in [0.717, 1.165) is 11.4 Å². The van der Waals surface area contributed by atoms with Crippen molar-refractivity contribution in [2.24, 2.45) is 0 Å². The SMILES string of the molecule is Cc1ncn(CCO)c1C. The first-order valence-corrected chi connectivity index (χ1v) is 3.35. The highest BCUT2D eigenvalue weighted by Gasteiger charge is 1.98. The van der Waals surface area contributed by atoms with E-state index < -0.39 is 0 Å². The van der Waals surface area contributed by atoms with Crippen LogP contribution in [0.1, 0.15) is 11.4 Å². The second-order valence-corrected chi connectivity index (χ2v) is 2.33. The van der Waals surface area contributed by atoms with Crippen LogP contribution >= 0.6 is 0 Å². The molecule has 10 heavy (non-hydrogen) atoms. The van der Waals surface area contributed by atoms with Gasteiger partial charge in [-0.2, -0.15) is 0 Å². The summed E-state index contributed by atoms with van der Waals surface area (Å²) < 4.78 is 1.94. The number of imidazole rings is 1. The Morgan fingerprint density at radius 3 is 2.70 bits per heavy atom. The lowest BCUT2D eigenvalue weighted by Gasteiger charge is -2.00. The molecule has 0 aliphatic heterocycles. The van der Waals surface area contributed by atoms with Crippen molar-refractivity contribution in [2.75, 3.05) is 6.61 Å². The molecule has 0 saturated heterocycles. The number of aliphatic hydroxyl groups excluding tert-OH is 1. The van der Waals surface area contributed by atoms with Gasteiger partial charge in [0.2, 0.25) is 0 Å². The number of hydrogen-bond acceptors (Lipinski definition) is 2. The molecule has 0 bridgehead atoms. The zero-order chi connectivity index (χ0) is 7.56. The average molecular weight is 140 g/mol. The molecule has 3 nitrogen and oxygen atoms in total. The molecule has 0 aliphatic rings. The smallest absolute Gasteiger partial charge is 0.0952 e. The van der Waals surface area contributed by atoms with Gasteiger partial charge in [0.25, 0.3) is 0 Å². The lowest BCUT2D eigenvalue weighted by atomic mass is 10.4. The highest BCUT2D eigenvalue weighted by molar-refractivity contribution is 5.08. The molecular formula is C7H12N2O. The first-order valence-electron chi connectivity index (χ1n) is 3.35. The van der Waals surface area contributed by atoms with Gasteiger partial charge >= 0.3 is 0 Å². The number of hydrogen-bond donors (Lipinski definition) is 1. The Labute approximate surface area is 60.3 Å². The fraction of sp³-hybridized carbons (Fsp3) is 0.571. The maximum absolute atomic E-state index is 8.60. The molecule has 0 amide bonds. The third-order valence-corrected chi connectivity index (χ3v) is 1.69. The number of rotatable bonds is 2. The van der Waals surface area contributed by atoms with E-state index >= 15 is 0 Å². The molecule has 0 aliphatic carbocycles. The standard InChI is InChI=1S/C7H12N2O/c1-6-7(2)9(3-4-10)5-8-6/h5,10H,3-4H2,1-2H3. The minimum absolute atomic E-state index is 0.177. The summed E-state index contributed by atoms with van der Waals surface area (Å²) in [7, 11) is 0. The number of aromatic nitrogens is 2. The Hall–Kier alpha value is -0.830. The average Bonchev–Trinajstić information content (AvgIpc) is 2.20. The van der Waals surface area contributed by atoms with Crippen LogP contribution in [-0.4, -0.2) is 21.3 Å². The maximum atomic E-state index is 8.60. The fourth-order valence-electron chi connectivity index (χ4n) is 0.877. The van der Waals surface area contributed by atoms with Crippen molar-refractivity contribution in [3.8, 4) is 0 Å². The van der Waals surface area contributed by atoms with Crippen LogP contribution in [0.25, 0.3) is 0 Å². The molecule has 0 spiro atoms. The van der Waals surface area contributed by atoms with Gasteiger partial charge in [-0.3, -0.25) is 0 Å². The van der Waals surface area contributed by atoms with Gasteiger partial charge in [0.05, 0.1) is 18.6 Å². The molecule has 1 N–H and O–H groups in total. The van der Waals surface area contributed by atoms with Crippen molar-refractivity contribution in [1.82, 2.24) is 9.55 Å². The third-order valence-electron chi connectivity index (χ3n) is 1.69. The van der Waals surface area contributed by atoms with Gasteiger partial charge in [-0.05, 0) is 13.8 Å². The van der Waals surface area contributed by atoms with Crippen LogP contribution in [0.5, 0.6) is 0 Å². The molecule has 0 saturated carbocycles. The van der Waals surface area contributed by atoms with Crippen molar-refractivity contribution in [3.63, 3.8) is 0 Å². The Morgan fingerprint density at radius 2 is 2.30 bits per heavy atom. The summed E-state index contributed by atoms with van der Waals surface area (Å²) in [6.07, 6.45) is 1.75. The van der Waals surface area contributed by atoms with E-state index in [1.165, 1.54) is 0 Å². The van der Waals surface area contributed by atoms with Crippen LogP contribution < -0.4 is 0 Å². The van der Waals surface area contributed by atoms with Crippen LogP contribution in [0, 0.1) is 13.8 Å². The van der Waals surface area contributed by atoms with Gasteiger partial charge in [-0.1, -0.05) is 0 Å². The summed E-state index contributed by atoms with van der Waals surface area (Å²) in [5, 5.41) is 8.60. The molecule has 0 fully saturated rings. The molecule has 56 valence electrons. The zero-order valence-electron chi connectivity index (χ0n) is 6.33. The molecule has 1 aromatic heterocycles. The summed E-state index contributed by atoms with van der Waals surface area (Å²) in [5.74, 6) is 0. The number of aryl methyl sites for hydroxylation is 1. The van der Waals surface area contributed by atoms with Crippen molar-refractivity contribution in [3.05, 3.63) is 17.7 Å². The molecule has 0 atom stereocenters. The summed E-state index contributed by atoms with van der Waals surface area (Å²) >= 11 is 0. The maximum Gasteiger partial charge on any atom is 0.0952 e. The van der Waals surface area contributed by atoms with Gasteiger partial charge in [0.1, 0.15) is 0 Å². The molecule has 1 rings (SSSR count). The van der Waals surface area contributed by atoms with Crippen molar-refractivity contribution in [2.45, 2.75) is 20.4 Å². The van der Waals surface area contributed by atoms with E-state index in [-0.39, 0.29) is 6.61 Å². The summed E-state index contributed by atoms with van der Waals surface area (Å²) in [6, 6.07) is 0. The third kappa shape index (κ3) is 1.19. The van der Waals surface area contributed by atoms with Crippen molar-refractivity contribution in [1.29, 1.82) is 0 Å². The molecule has 0 unspecified atom stereocenters. The predicted octanol–water partition coefficient (Wildman–Crippen LogP) is 0.492. The number of aliphatic hydroxyl groups is 1. The molecule has 0 radical (unpaired) electrons. The number of nitrogens with zero attached hydrogens (tertiary/aromatic N) is 2. The largest absolute Gasteiger partial charge is 0.395 e. The quantitative estimate of drug-likeness (QED) is 0.649. The van der Waals surface area contributed by atoms with Crippen molar-refractivity contribution < 1.29 is 5.11 Å². The minimum Gasteiger partial charge on any atom is -0.395 e. The summed E-state index contributed by atoms with van der Waals surface area (Å²) in [6.45, 7) is 4.78. The first kappa shape index (κ1) is 7.28. The zero-order valence-corrected chi connectivity index (χ0v) is 6.33. The van der Waals surface area contributed by atoms with Gasteiger partial charge in [0.15, 0.2) is 0 Å². The monoisotopic (exact) mass is 140 g/mol. The first-order chi connectivity index (χ1) is 4.75. The Morgan fingerprint density at radius 1 is 1.60 bits per heavy atom. The minimum atomic E-state index is 0.177. The van der Waals surface area contributed by atoms with Gasteiger partial charge in [-0.15, -0.1) is 0 Å². The van der Waals surface area contributed by atoms with E-state index in [1.807, 2.05) is 18.4 Å². The second-order valence-electron chi connectivity index (χ2n) is 2.33. The van der Waals surface area contributed by atoms with E-state index in [2.05, 4.69) is 4.98 Å². The predicted molar refractivity (Wildman–Crippen MR) is 38.8 cm³/mol. The van der Waals surface area contributed by atoms with Crippen LogP contribution in [0.15, 0.2) is 6.33 Å². The highest BCUT2D eigenvalue weighted by Crippen LogP contribution is 2.02. The summed E-state index contributed by atoms with van der Waals surface area (Å²) in [4.78, 5) is 4.09. The van der Waals surface area contributed by atoms with Crippen LogP contribution in [0.4, 0.5) is 0 Å². The van der Waals surface area contributed by atoms with Gasteiger partial charge in [-0.25, -0.2) is 4.98 Å². The Balaban J connectivity index is 2.83. The highest BCUT2D eigenvalue weighted by atomic mass is 16.3. The molecule has 3 heteroatoms. The van der Waals surface area contributed by atoms with Crippen molar-refractivity contribution >= 4 is 0 Å². The Kier molecular flexibility index (Phi) is 2.06. The lowest BCUT2D eigenvalue weighted by molar-refractivity contribution is 0.275. The topological polar surface area (TPSA) is 38.0 Å². The van der Waals surface area contributed by atoms with Crippen LogP contribution in [0.3, 0.4) is 0 Å². The Bertz CT molecular complexity index is 217. The van der Waals surface area contributed by atoms with E-state index in [9.17, 15) is 0 Å². The fourth-order valence-corrected chi connectivity index (χ4v) is 0.877. The van der Waals surface area contributed by atoms with Gasteiger partial charge < -0.3 is 9.67 Å². The van der Waals surface area contributed by atoms with Gasteiger partial charge in [0, 0.05) is 12.2 Å². The van der Waals surface area contributed by atoms with E-state index in [0.29, 0.717) is 6.54 Å². The molecule has 1 heterocycles. The second kappa shape index (κ2) is 2.84. The van der Waals surface area contributed by atoms with Crippen LogP contribution in [0.2, 0.25) is 0 Å². The van der Waals surface area contributed by atoms with E-state index in [1.54, 1.807) is 6.33 Å². The molecule has 0 aromatic carbocycles. The molecule has 1 aromatic rings. The molecular weight excluding hydrogens is 128 g/mol. The lowest BCUT2D eigenvalue weighted by Crippen LogP contribution is -2.02. The van der Waals surface area contributed by atoms with E-state index in [4.69, 9.17) is 5.11 Å². The normalized spacial score (nSPS) is 10.3.